The highest BCUT2D eigenvalue weighted by Crippen LogP contribution is 2.31. The van der Waals surface area contributed by atoms with Crippen LogP contribution in [0.4, 0.5) is 0 Å². The number of nitrogens with zero attached hydrogens (tertiary/aromatic N) is 5. The molecule has 2 aromatic heterocycles. The molecular formula is C19H28N8O2. The number of nitrogens with one attached hydrogen (secondary N) is 2. The molecule has 0 spiro atoms. The van der Waals surface area contributed by atoms with Gasteiger partial charge >= 0.3 is 5.97 Å². The molecule has 29 heavy (non-hydrogen) atoms. The van der Waals surface area contributed by atoms with Crippen molar-refractivity contribution in [2.75, 3.05) is 13.1 Å². The molecule has 0 aliphatic carbocycles. The molecule has 0 bridgehead atoms. The van der Waals surface area contributed by atoms with Crippen LogP contribution < -0.4 is 5.73 Å². The molecule has 5 N–H and O–H groups in total. The molecule has 0 saturated carbocycles. The van der Waals surface area contributed by atoms with Gasteiger partial charge in [0.2, 0.25) is 0 Å². The van der Waals surface area contributed by atoms with Crippen molar-refractivity contribution >= 4 is 11.9 Å². The van der Waals surface area contributed by atoms with Crippen LogP contribution in [0.5, 0.6) is 0 Å². The second-order valence-corrected chi connectivity index (χ2v) is 7.55. The first kappa shape index (κ1) is 20.7. The number of tetrazole rings is 1. The van der Waals surface area contributed by atoms with Gasteiger partial charge in [0.1, 0.15) is 0 Å². The molecule has 2 aromatic rings. The lowest BCUT2D eigenvalue weighted by Gasteiger charge is -2.31. The fraction of sp³-hybridized carbons (Fsp3) is 0.579. The van der Waals surface area contributed by atoms with E-state index in [0.717, 1.165) is 43.6 Å². The number of likely N-dealkylation sites (tertiary alicyclic amines) is 1. The first-order chi connectivity index (χ1) is 14.0. The van der Waals surface area contributed by atoms with E-state index >= 15 is 0 Å². The van der Waals surface area contributed by atoms with Gasteiger partial charge in [-0.1, -0.05) is 24.6 Å². The normalized spacial score (nSPS) is 17.1. The van der Waals surface area contributed by atoms with E-state index in [2.05, 4.69) is 25.6 Å². The van der Waals surface area contributed by atoms with Gasteiger partial charge in [0, 0.05) is 36.8 Å². The van der Waals surface area contributed by atoms with Crippen LogP contribution in [0.15, 0.2) is 18.3 Å². The predicted octanol–water partition coefficient (Wildman–Crippen LogP) is 1.49. The minimum atomic E-state index is -0.844. The maximum absolute atomic E-state index is 11.8. The van der Waals surface area contributed by atoms with Crippen LogP contribution in [-0.2, 0) is 11.2 Å². The topological polar surface area (TPSA) is 158 Å². The minimum absolute atomic E-state index is 0.124. The largest absolute Gasteiger partial charge is 0.481 e. The molecule has 0 amide bonds. The number of pyridine rings is 1. The molecular weight excluding hydrogens is 372 g/mol. The average molecular weight is 400 g/mol. The predicted molar refractivity (Wildman–Crippen MR) is 106 cm³/mol. The van der Waals surface area contributed by atoms with Crippen molar-refractivity contribution in [3.63, 3.8) is 0 Å². The highest BCUT2D eigenvalue weighted by Gasteiger charge is 2.32. The lowest BCUT2D eigenvalue weighted by Crippen LogP contribution is -2.41. The zero-order valence-electron chi connectivity index (χ0n) is 16.6. The molecule has 1 saturated heterocycles. The number of guanidine groups is 1. The average Bonchev–Trinajstić information content (AvgIpc) is 3.25. The Balaban J connectivity index is 1.71. The molecule has 10 nitrogen and oxygen atoms in total. The van der Waals surface area contributed by atoms with Gasteiger partial charge in [0.15, 0.2) is 11.8 Å². The zero-order valence-corrected chi connectivity index (χ0v) is 16.6. The summed E-state index contributed by atoms with van der Waals surface area (Å²) >= 11 is 0. The fourth-order valence-electron chi connectivity index (χ4n) is 4.02. The van der Waals surface area contributed by atoms with Gasteiger partial charge < -0.3 is 15.7 Å². The molecule has 0 radical (unpaired) electrons. The summed E-state index contributed by atoms with van der Waals surface area (Å²) in [6, 6.07) is 4.03. The molecule has 156 valence electrons. The van der Waals surface area contributed by atoms with Crippen molar-refractivity contribution in [2.45, 2.75) is 50.9 Å². The molecule has 3 rings (SSSR count). The number of nitrogens with two attached hydrogens (primary N) is 1. The first-order valence-corrected chi connectivity index (χ1v) is 9.99. The number of carboxylic acids is 1. The number of aromatic nitrogens is 5. The third kappa shape index (κ3) is 5.07. The van der Waals surface area contributed by atoms with Crippen molar-refractivity contribution in [1.29, 1.82) is 5.41 Å². The Bertz CT molecular complexity index is 800. The Morgan fingerprint density at radius 1 is 1.41 bits per heavy atom. The summed E-state index contributed by atoms with van der Waals surface area (Å²) in [5, 5.41) is 31.4. The molecule has 0 aromatic carbocycles. The smallest absolute Gasteiger partial charge is 0.307 e. The van der Waals surface area contributed by atoms with Gasteiger partial charge in [-0.25, -0.2) is 0 Å². The summed E-state index contributed by atoms with van der Waals surface area (Å²) in [4.78, 5) is 18.3. The van der Waals surface area contributed by atoms with Crippen LogP contribution in [0, 0.1) is 11.3 Å². The van der Waals surface area contributed by atoms with Gasteiger partial charge in [-0.2, -0.15) is 5.21 Å². The molecule has 2 atom stereocenters. The SMILES string of the molecule is CCCC(C(=O)O)[C@H](Cc1ccc(C2CCN(C(=N)N)CC2)nc1)c1nn[nH]n1. The maximum Gasteiger partial charge on any atom is 0.307 e. The van der Waals surface area contributed by atoms with Crippen LogP contribution in [-0.4, -0.2) is 60.6 Å². The third-order valence-corrected chi connectivity index (χ3v) is 5.65. The maximum atomic E-state index is 11.8. The van der Waals surface area contributed by atoms with E-state index < -0.39 is 11.9 Å². The minimum Gasteiger partial charge on any atom is -0.481 e. The summed E-state index contributed by atoms with van der Waals surface area (Å²) in [6.45, 7) is 3.50. The van der Waals surface area contributed by atoms with Crippen molar-refractivity contribution in [1.82, 2.24) is 30.5 Å². The van der Waals surface area contributed by atoms with Crippen molar-refractivity contribution in [3.8, 4) is 0 Å². The van der Waals surface area contributed by atoms with E-state index in [9.17, 15) is 9.90 Å². The monoisotopic (exact) mass is 400 g/mol. The number of aromatic amines is 1. The number of carbonyl (C=O) groups is 1. The molecule has 1 fully saturated rings. The van der Waals surface area contributed by atoms with Crippen molar-refractivity contribution in [3.05, 3.63) is 35.4 Å². The number of carboxylic acid groups (broad SMARTS) is 1. The molecule has 1 unspecified atom stereocenters. The number of H-pyrrole nitrogens is 1. The second-order valence-electron chi connectivity index (χ2n) is 7.55. The van der Waals surface area contributed by atoms with E-state index in [-0.39, 0.29) is 11.9 Å². The summed E-state index contributed by atoms with van der Waals surface area (Å²) in [5.74, 6) is -0.889. The van der Waals surface area contributed by atoms with Crippen LogP contribution in [0.1, 0.15) is 61.5 Å². The van der Waals surface area contributed by atoms with Crippen LogP contribution in [0.25, 0.3) is 0 Å². The summed E-state index contributed by atoms with van der Waals surface area (Å²) < 4.78 is 0. The molecule has 10 heteroatoms. The Kier molecular flexibility index (Phi) is 6.73. The molecule has 3 heterocycles. The summed E-state index contributed by atoms with van der Waals surface area (Å²) in [7, 11) is 0. The third-order valence-electron chi connectivity index (χ3n) is 5.65. The van der Waals surface area contributed by atoms with Gasteiger partial charge in [0.05, 0.1) is 5.92 Å². The zero-order chi connectivity index (χ0) is 20.8. The Hall–Kier alpha value is -3.04. The standard InChI is InChI=1S/C19H28N8O2/c1-2-3-14(18(28)29)15(17-23-25-26-24-17)10-12-4-5-16(22-11-12)13-6-8-27(9-7-13)19(20)21/h4-5,11,13-15H,2-3,6-10H2,1H3,(H3,20,21)(H,28,29)(H,23,24,25,26)/t14?,15-/m0/s1. The van der Waals surface area contributed by atoms with Crippen molar-refractivity contribution in [2.24, 2.45) is 11.7 Å². The molecule has 1 aliphatic rings. The van der Waals surface area contributed by atoms with Gasteiger partial charge in [-0.15, -0.1) is 10.2 Å². The summed E-state index contributed by atoms with van der Waals surface area (Å²) in [6.07, 6.45) is 5.46. The number of hydrogen-bond donors (Lipinski definition) is 4. The number of hydrogen-bond acceptors (Lipinski definition) is 6. The number of aliphatic carboxylic acids is 1. The highest BCUT2D eigenvalue weighted by atomic mass is 16.4. The quantitative estimate of drug-likeness (QED) is 0.383. The fourth-order valence-corrected chi connectivity index (χ4v) is 4.02. The number of piperidine rings is 1. The van der Waals surface area contributed by atoms with E-state index in [1.807, 2.05) is 30.2 Å². The van der Waals surface area contributed by atoms with Crippen LogP contribution in [0.2, 0.25) is 0 Å². The van der Waals surface area contributed by atoms with Crippen molar-refractivity contribution < 1.29 is 9.90 Å². The lowest BCUT2D eigenvalue weighted by molar-refractivity contribution is -0.142. The second kappa shape index (κ2) is 9.44. The lowest BCUT2D eigenvalue weighted by atomic mass is 9.83. The Morgan fingerprint density at radius 2 is 2.17 bits per heavy atom. The Labute approximate surface area is 169 Å². The first-order valence-electron chi connectivity index (χ1n) is 9.99. The summed E-state index contributed by atoms with van der Waals surface area (Å²) in [5.41, 5.74) is 7.54. The van der Waals surface area contributed by atoms with E-state index in [1.165, 1.54) is 0 Å². The van der Waals surface area contributed by atoms with Gasteiger partial charge in [-0.3, -0.25) is 15.2 Å². The Morgan fingerprint density at radius 3 is 2.69 bits per heavy atom. The highest BCUT2D eigenvalue weighted by molar-refractivity contribution is 5.74. The van der Waals surface area contributed by atoms with Crippen LogP contribution in [0.3, 0.4) is 0 Å². The molecule has 1 aliphatic heterocycles. The van der Waals surface area contributed by atoms with Crippen LogP contribution >= 0.6 is 0 Å². The van der Waals surface area contributed by atoms with E-state index in [0.29, 0.717) is 24.6 Å². The van der Waals surface area contributed by atoms with Gasteiger partial charge in [-0.05, 0) is 37.3 Å². The van der Waals surface area contributed by atoms with Gasteiger partial charge in [0.25, 0.3) is 0 Å². The van der Waals surface area contributed by atoms with E-state index in [1.54, 1.807) is 0 Å². The number of rotatable bonds is 8. The van der Waals surface area contributed by atoms with E-state index in [4.69, 9.17) is 11.1 Å².